The van der Waals surface area contributed by atoms with Crippen LogP contribution in [0.25, 0.3) is 11.3 Å². The average Bonchev–Trinajstić information content (AvgIpc) is 2.72. The molecule has 1 aromatic heterocycles. The highest BCUT2D eigenvalue weighted by atomic mass is 32.2. The van der Waals surface area contributed by atoms with Crippen molar-refractivity contribution in [1.82, 2.24) is 9.97 Å². The largest absolute Gasteiger partial charge is 0.497 e. The van der Waals surface area contributed by atoms with Gasteiger partial charge in [-0.05, 0) is 48.5 Å². The van der Waals surface area contributed by atoms with E-state index in [-0.39, 0.29) is 27.9 Å². The van der Waals surface area contributed by atoms with Crippen molar-refractivity contribution in [2.24, 2.45) is 0 Å². The molecule has 0 radical (unpaired) electrons. The quantitative estimate of drug-likeness (QED) is 0.390. The second-order valence-electron chi connectivity index (χ2n) is 5.65. The number of aromatic nitrogens is 2. The number of aromatic amines is 1. The van der Waals surface area contributed by atoms with Crippen LogP contribution in [0.5, 0.6) is 5.75 Å². The van der Waals surface area contributed by atoms with Gasteiger partial charge in [0.05, 0.1) is 18.6 Å². The SMILES string of the molecule is COc1ccc(-c2nc(SCC(=O)c3ccc(F)cc3)[nH]c(=O)c2C#N)cc1. The lowest BCUT2D eigenvalue weighted by Gasteiger charge is -2.07. The van der Waals surface area contributed by atoms with E-state index in [1.54, 1.807) is 24.3 Å². The van der Waals surface area contributed by atoms with E-state index in [1.165, 1.54) is 31.4 Å². The first-order valence-electron chi connectivity index (χ1n) is 8.12. The molecule has 0 aliphatic heterocycles. The van der Waals surface area contributed by atoms with Gasteiger partial charge in [0.15, 0.2) is 10.9 Å². The molecule has 2 aromatic carbocycles. The summed E-state index contributed by atoms with van der Waals surface area (Å²) in [4.78, 5) is 31.3. The van der Waals surface area contributed by atoms with Crippen molar-refractivity contribution in [3.63, 3.8) is 0 Å². The number of benzene rings is 2. The second-order valence-corrected chi connectivity index (χ2v) is 6.62. The minimum Gasteiger partial charge on any atom is -0.497 e. The van der Waals surface area contributed by atoms with Gasteiger partial charge in [0.1, 0.15) is 23.2 Å². The van der Waals surface area contributed by atoms with Crippen molar-refractivity contribution in [1.29, 1.82) is 5.26 Å². The zero-order chi connectivity index (χ0) is 20.1. The number of ether oxygens (including phenoxy) is 1. The van der Waals surface area contributed by atoms with Crippen LogP contribution in [0.3, 0.4) is 0 Å². The van der Waals surface area contributed by atoms with Gasteiger partial charge in [-0.25, -0.2) is 9.37 Å². The number of hydrogen-bond donors (Lipinski definition) is 1. The Kier molecular flexibility index (Phi) is 5.87. The van der Waals surface area contributed by atoms with Gasteiger partial charge in [-0.2, -0.15) is 5.26 Å². The smallest absolute Gasteiger partial charge is 0.270 e. The zero-order valence-corrected chi connectivity index (χ0v) is 15.5. The Labute approximate surface area is 164 Å². The van der Waals surface area contributed by atoms with Gasteiger partial charge in [0.25, 0.3) is 5.56 Å². The number of nitrogens with one attached hydrogen (secondary N) is 1. The van der Waals surface area contributed by atoms with Crippen molar-refractivity contribution >= 4 is 17.5 Å². The monoisotopic (exact) mass is 395 g/mol. The highest BCUT2D eigenvalue weighted by Gasteiger charge is 2.15. The van der Waals surface area contributed by atoms with Gasteiger partial charge in [0, 0.05) is 11.1 Å². The third-order valence-corrected chi connectivity index (χ3v) is 4.75. The number of halogens is 1. The Morgan fingerprint density at radius 1 is 1.21 bits per heavy atom. The molecule has 0 saturated heterocycles. The van der Waals surface area contributed by atoms with Crippen molar-refractivity contribution in [3.05, 3.63) is 75.8 Å². The molecule has 0 fully saturated rings. The van der Waals surface area contributed by atoms with Crippen molar-refractivity contribution in [2.45, 2.75) is 5.16 Å². The van der Waals surface area contributed by atoms with E-state index in [1.807, 2.05) is 6.07 Å². The third kappa shape index (κ3) is 4.27. The number of carbonyl (C=O) groups excluding carboxylic acids is 1. The van der Waals surface area contributed by atoms with E-state index >= 15 is 0 Å². The average molecular weight is 395 g/mol. The molecule has 0 bridgehead atoms. The maximum atomic E-state index is 13.0. The van der Waals surface area contributed by atoms with E-state index in [2.05, 4.69) is 9.97 Å². The first-order valence-corrected chi connectivity index (χ1v) is 9.11. The number of Topliss-reactive ketones (excluding diaryl/α,β-unsaturated/α-hetero) is 1. The molecule has 0 atom stereocenters. The first kappa shape index (κ1) is 19.3. The van der Waals surface area contributed by atoms with E-state index in [4.69, 9.17) is 4.74 Å². The van der Waals surface area contributed by atoms with Crippen LogP contribution in [0.15, 0.2) is 58.5 Å². The van der Waals surface area contributed by atoms with E-state index in [0.29, 0.717) is 16.9 Å². The molecule has 0 saturated carbocycles. The maximum Gasteiger partial charge on any atom is 0.270 e. The van der Waals surface area contributed by atoms with Crippen LogP contribution in [0, 0.1) is 17.1 Å². The zero-order valence-electron chi connectivity index (χ0n) is 14.7. The minimum atomic E-state index is -0.583. The lowest BCUT2D eigenvalue weighted by molar-refractivity contribution is 0.102. The van der Waals surface area contributed by atoms with E-state index in [9.17, 15) is 19.2 Å². The summed E-state index contributed by atoms with van der Waals surface area (Å²) in [6.07, 6.45) is 0. The van der Waals surface area contributed by atoms with Gasteiger partial charge < -0.3 is 9.72 Å². The molecule has 8 heteroatoms. The molecule has 6 nitrogen and oxygen atoms in total. The number of hydrogen-bond acceptors (Lipinski definition) is 6. The predicted octanol–water partition coefficient (Wildman–Crippen LogP) is 3.43. The molecule has 1 heterocycles. The number of thioether (sulfide) groups is 1. The molecule has 28 heavy (non-hydrogen) atoms. The van der Waals surface area contributed by atoms with Crippen LogP contribution in [0.2, 0.25) is 0 Å². The molecule has 3 rings (SSSR count). The number of nitriles is 1. The van der Waals surface area contributed by atoms with Gasteiger partial charge in [0.2, 0.25) is 0 Å². The second kappa shape index (κ2) is 8.50. The van der Waals surface area contributed by atoms with Crippen LogP contribution in [-0.2, 0) is 0 Å². The fourth-order valence-electron chi connectivity index (χ4n) is 2.44. The standard InChI is InChI=1S/C20H14FN3O3S/c1-27-15-8-4-13(5-9-15)18-16(10-22)19(26)24-20(23-18)28-11-17(25)12-2-6-14(21)7-3-12/h2-9H,11H2,1H3,(H,23,24,26). The Bertz CT molecular complexity index is 1100. The summed E-state index contributed by atoms with van der Waals surface area (Å²) in [7, 11) is 1.54. The molecule has 0 amide bonds. The van der Waals surface area contributed by atoms with Gasteiger partial charge >= 0.3 is 0 Å². The fourth-order valence-corrected chi connectivity index (χ4v) is 3.19. The number of nitrogens with zero attached hydrogens (tertiary/aromatic N) is 2. The lowest BCUT2D eigenvalue weighted by Crippen LogP contribution is -2.15. The van der Waals surface area contributed by atoms with Crippen LogP contribution < -0.4 is 10.3 Å². The molecule has 0 spiro atoms. The summed E-state index contributed by atoms with van der Waals surface area (Å²) in [5, 5.41) is 9.53. The molecule has 0 aliphatic rings. The summed E-state index contributed by atoms with van der Waals surface area (Å²) in [6.45, 7) is 0. The number of rotatable bonds is 6. The lowest BCUT2D eigenvalue weighted by atomic mass is 10.1. The predicted molar refractivity (Wildman–Crippen MR) is 103 cm³/mol. The summed E-state index contributed by atoms with van der Waals surface area (Å²) in [5.74, 6) is -0.0243. The molecule has 3 aromatic rings. The van der Waals surface area contributed by atoms with Crippen LogP contribution in [-0.4, -0.2) is 28.6 Å². The molecular formula is C20H14FN3O3S. The molecule has 140 valence electrons. The summed E-state index contributed by atoms with van der Waals surface area (Å²) < 4.78 is 18.1. The highest BCUT2D eigenvalue weighted by Crippen LogP contribution is 2.24. The minimum absolute atomic E-state index is 0.00251. The van der Waals surface area contributed by atoms with Crippen LogP contribution in [0.1, 0.15) is 15.9 Å². The number of methoxy groups -OCH3 is 1. The Hall–Kier alpha value is -3.44. The Morgan fingerprint density at radius 3 is 2.50 bits per heavy atom. The maximum absolute atomic E-state index is 13.0. The first-order chi connectivity index (χ1) is 13.5. The van der Waals surface area contributed by atoms with E-state index < -0.39 is 11.4 Å². The fraction of sp³-hybridized carbons (Fsp3) is 0.100. The van der Waals surface area contributed by atoms with Crippen molar-refractivity contribution in [2.75, 3.05) is 12.9 Å². The normalized spacial score (nSPS) is 10.3. The van der Waals surface area contributed by atoms with Crippen molar-refractivity contribution < 1.29 is 13.9 Å². The topological polar surface area (TPSA) is 95.8 Å². The van der Waals surface area contributed by atoms with Gasteiger partial charge in [-0.1, -0.05) is 11.8 Å². The molecule has 1 N–H and O–H groups in total. The third-order valence-electron chi connectivity index (χ3n) is 3.88. The number of ketones is 1. The number of H-pyrrole nitrogens is 1. The van der Waals surface area contributed by atoms with Gasteiger partial charge in [-0.15, -0.1) is 0 Å². The summed E-state index contributed by atoms with van der Waals surface area (Å²) >= 11 is 1.03. The van der Waals surface area contributed by atoms with Crippen molar-refractivity contribution in [3.8, 4) is 23.1 Å². The molecular weight excluding hydrogens is 381 g/mol. The summed E-state index contributed by atoms with van der Waals surface area (Å²) in [5.41, 5.74) is 0.473. The van der Waals surface area contributed by atoms with E-state index in [0.717, 1.165) is 11.8 Å². The van der Waals surface area contributed by atoms with Gasteiger partial charge in [-0.3, -0.25) is 9.59 Å². The summed E-state index contributed by atoms with van der Waals surface area (Å²) in [6, 6.07) is 13.9. The Morgan fingerprint density at radius 2 is 1.89 bits per heavy atom. The highest BCUT2D eigenvalue weighted by molar-refractivity contribution is 7.99. The van der Waals surface area contributed by atoms with Crippen LogP contribution in [0.4, 0.5) is 4.39 Å². The molecule has 0 aliphatic carbocycles. The Balaban J connectivity index is 1.87. The van der Waals surface area contributed by atoms with Crippen LogP contribution >= 0.6 is 11.8 Å². The number of carbonyl (C=O) groups is 1. The molecule has 0 unspecified atom stereocenters.